The minimum absolute atomic E-state index is 0.0748. The maximum atomic E-state index is 6.13. The molecule has 1 aliphatic heterocycles. The van der Waals surface area contributed by atoms with Crippen molar-refractivity contribution in [2.24, 2.45) is 0 Å². The molecular formula is C38H64N6S2-2. The molecule has 0 saturated carbocycles. The number of likely N-dealkylation sites (N-methyl/N-ethyl adjacent to an activating group) is 6. The zero-order valence-corrected chi connectivity index (χ0v) is 32.9. The van der Waals surface area contributed by atoms with Gasteiger partial charge in [-0.3, -0.25) is 0 Å². The van der Waals surface area contributed by atoms with Gasteiger partial charge in [-0.05, 0) is 64.2 Å². The van der Waals surface area contributed by atoms with Crippen LogP contribution < -0.4 is 0 Å². The predicted molar refractivity (Wildman–Crippen MR) is 202 cm³/mol. The number of rotatable bonds is 0. The van der Waals surface area contributed by atoms with Crippen LogP contribution in [0.1, 0.15) is 74.9 Å². The molecular weight excluding hydrogens is 605 g/mol. The zero-order chi connectivity index (χ0) is 34.4. The van der Waals surface area contributed by atoms with E-state index in [1.54, 1.807) is 0 Å². The molecule has 0 aromatic heterocycles. The van der Waals surface area contributed by atoms with Gasteiger partial charge in [-0.25, -0.2) is 0 Å². The van der Waals surface area contributed by atoms with Crippen molar-refractivity contribution in [3.05, 3.63) is 57.6 Å². The van der Waals surface area contributed by atoms with E-state index < -0.39 is 0 Å². The van der Waals surface area contributed by atoms with Crippen molar-refractivity contribution in [2.45, 2.75) is 88.3 Å². The monoisotopic (exact) mass is 668 g/mol. The first-order chi connectivity index (χ1) is 21.3. The van der Waals surface area contributed by atoms with E-state index in [0.29, 0.717) is 0 Å². The minimum Gasteiger partial charge on any atom is -0.779 e. The third kappa shape index (κ3) is 12.0. The van der Waals surface area contributed by atoms with Gasteiger partial charge < -0.3 is 54.7 Å². The van der Waals surface area contributed by atoms with E-state index in [4.69, 9.17) is 25.3 Å². The van der Waals surface area contributed by atoms with Crippen LogP contribution in [0.2, 0.25) is 0 Å². The Morgan fingerprint density at radius 1 is 0.391 bits per heavy atom. The van der Waals surface area contributed by atoms with Crippen molar-refractivity contribution >= 4 is 25.3 Å². The zero-order valence-electron chi connectivity index (χ0n) is 31.3. The highest BCUT2D eigenvalue weighted by Gasteiger charge is 2.19. The fourth-order valence-corrected chi connectivity index (χ4v) is 6.41. The molecule has 0 atom stereocenters. The molecule has 0 radical (unpaired) electrons. The Balaban J connectivity index is 1.86. The van der Waals surface area contributed by atoms with Crippen molar-refractivity contribution in [1.82, 2.24) is 29.4 Å². The molecule has 2 aromatic rings. The summed E-state index contributed by atoms with van der Waals surface area (Å²) >= 11 is 12.3. The molecule has 0 aliphatic carbocycles. The Labute approximate surface area is 294 Å². The first-order valence-corrected chi connectivity index (χ1v) is 17.9. The van der Waals surface area contributed by atoms with Crippen molar-refractivity contribution in [2.75, 3.05) is 94.6 Å². The van der Waals surface area contributed by atoms with Crippen LogP contribution >= 0.6 is 0 Å². The lowest BCUT2D eigenvalue weighted by atomic mass is 9.85. The summed E-state index contributed by atoms with van der Waals surface area (Å²) in [6, 6.07) is 9.46. The molecule has 2 aromatic carbocycles. The van der Waals surface area contributed by atoms with E-state index in [1.165, 1.54) is 33.4 Å². The van der Waals surface area contributed by atoms with Gasteiger partial charge in [0, 0.05) is 78.5 Å². The smallest absolute Gasteiger partial charge is 0.0216 e. The van der Waals surface area contributed by atoms with Crippen LogP contribution in [0.4, 0.5) is 0 Å². The topological polar surface area (TPSA) is 19.4 Å². The van der Waals surface area contributed by atoms with Gasteiger partial charge in [0.25, 0.3) is 0 Å². The molecule has 0 saturated heterocycles. The van der Waals surface area contributed by atoms with E-state index in [9.17, 15) is 0 Å². The second kappa shape index (κ2) is 16.8. The molecule has 4 bridgehead atoms. The molecule has 0 amide bonds. The van der Waals surface area contributed by atoms with Gasteiger partial charge in [0.05, 0.1) is 0 Å². The summed E-state index contributed by atoms with van der Waals surface area (Å²) in [5, 5.41) is 0. The van der Waals surface area contributed by atoms with Crippen LogP contribution in [-0.2, 0) is 62.3 Å². The third-order valence-electron chi connectivity index (χ3n) is 9.43. The number of hydrogen-bond acceptors (Lipinski definition) is 8. The van der Waals surface area contributed by atoms with Gasteiger partial charge >= 0.3 is 0 Å². The second-order valence-electron chi connectivity index (χ2n) is 16.3. The minimum atomic E-state index is 0.0748. The first kappa shape index (κ1) is 39.1. The molecule has 6 nitrogen and oxygen atoms in total. The van der Waals surface area contributed by atoms with Crippen molar-refractivity contribution in [3.63, 3.8) is 0 Å². The first-order valence-electron chi connectivity index (χ1n) is 17.1. The fraction of sp³-hybridized carbons (Fsp3) is 0.684. The summed E-state index contributed by atoms with van der Waals surface area (Å²) in [6.07, 6.45) is 0. The normalized spacial score (nSPS) is 20.1. The number of nitrogens with zero attached hydrogens (tertiary/aromatic N) is 6. The van der Waals surface area contributed by atoms with Crippen LogP contribution in [0.25, 0.3) is 0 Å². The maximum Gasteiger partial charge on any atom is 0.0216 e. The highest BCUT2D eigenvalue weighted by atomic mass is 32.1. The van der Waals surface area contributed by atoms with Gasteiger partial charge in [-0.2, -0.15) is 9.79 Å². The lowest BCUT2D eigenvalue weighted by Gasteiger charge is -2.32. The van der Waals surface area contributed by atoms with Crippen LogP contribution in [0.3, 0.4) is 0 Å². The number of fused-ring (bicyclic) bond motifs is 4. The van der Waals surface area contributed by atoms with E-state index >= 15 is 0 Å². The van der Waals surface area contributed by atoms with E-state index in [1.807, 2.05) is 0 Å². The lowest BCUT2D eigenvalue weighted by molar-refractivity contribution is 0.216. The summed E-state index contributed by atoms with van der Waals surface area (Å²) in [5.74, 6) is 0. The van der Waals surface area contributed by atoms with Crippen molar-refractivity contribution in [3.8, 4) is 0 Å². The third-order valence-corrected chi connectivity index (χ3v) is 10.5. The lowest BCUT2D eigenvalue weighted by Crippen LogP contribution is -2.36. The summed E-state index contributed by atoms with van der Waals surface area (Å²) in [4.78, 5) is 16.7. The molecule has 0 N–H and O–H groups in total. The molecule has 0 unspecified atom stereocenters. The highest BCUT2D eigenvalue weighted by Crippen LogP contribution is 2.30. The Morgan fingerprint density at radius 2 is 0.587 bits per heavy atom. The van der Waals surface area contributed by atoms with Gasteiger partial charge in [0.1, 0.15) is 0 Å². The molecule has 0 fully saturated rings. The largest absolute Gasteiger partial charge is 0.779 e. The van der Waals surface area contributed by atoms with Crippen LogP contribution in [0.15, 0.2) is 34.1 Å². The molecule has 46 heavy (non-hydrogen) atoms. The molecule has 0 spiro atoms. The maximum absolute atomic E-state index is 6.13. The van der Waals surface area contributed by atoms with Gasteiger partial charge in [-0.1, -0.05) is 88.1 Å². The average molecular weight is 669 g/mol. The summed E-state index contributed by atoms with van der Waals surface area (Å²) in [7, 11) is 13.4. The van der Waals surface area contributed by atoms with Crippen LogP contribution in [0, 0.1) is 0 Å². The van der Waals surface area contributed by atoms with Crippen molar-refractivity contribution in [1.29, 1.82) is 0 Å². The van der Waals surface area contributed by atoms with Crippen LogP contribution in [0.5, 0.6) is 0 Å². The quantitative estimate of drug-likeness (QED) is 0.344. The predicted octanol–water partition coefficient (Wildman–Crippen LogP) is 5.40. The molecule has 3 rings (SSSR count). The average Bonchev–Trinajstić information content (AvgIpc) is 2.95. The van der Waals surface area contributed by atoms with E-state index in [2.05, 4.69) is 137 Å². The Hall–Kier alpha value is -1.36. The Bertz CT molecular complexity index is 1100. The van der Waals surface area contributed by atoms with Gasteiger partial charge in [-0.15, -0.1) is 0 Å². The molecule has 1 heterocycles. The molecule has 260 valence electrons. The van der Waals surface area contributed by atoms with Gasteiger partial charge in [0.2, 0.25) is 0 Å². The van der Waals surface area contributed by atoms with E-state index in [-0.39, 0.29) is 10.8 Å². The Kier molecular flexibility index (Phi) is 14.3. The number of hydrogen-bond donors (Lipinski definition) is 0. The van der Waals surface area contributed by atoms with Gasteiger partial charge in [0.15, 0.2) is 0 Å². The second-order valence-corrected chi connectivity index (χ2v) is 17.1. The summed E-state index contributed by atoms with van der Waals surface area (Å²) < 4.78 is 0. The standard InChI is InChI=1S/C38H66N6S2/c1-37(2,3)33-21-29-25-41(9)17-13-39(7)15-19-43(11)27-31-23-34(38(4,5)6)24-32(36(31)46)28-44(12)20-16-40(8)14-18-42(10)26-30(22-33)35(29)45/h21-24,45-46H,13-20,25-28H2,1-12H3/p-2. The Morgan fingerprint density at radius 3 is 0.783 bits per heavy atom. The fourth-order valence-electron chi connectivity index (χ4n) is 5.91. The summed E-state index contributed by atoms with van der Waals surface area (Å²) in [5.41, 5.74) is 8.01. The number of benzene rings is 2. The highest BCUT2D eigenvalue weighted by molar-refractivity contribution is 7.59. The van der Waals surface area contributed by atoms with E-state index in [0.717, 1.165) is 88.3 Å². The van der Waals surface area contributed by atoms with Crippen molar-refractivity contribution < 1.29 is 0 Å². The SMILES string of the molecule is CN1CCN(C)Cc2cc(C(C)(C)C)cc(c2[S-])CN(C)CCN(C)CCN(C)Cc2cc(C(C)(C)C)cc(c2[S-])CN(C)CC1. The van der Waals surface area contributed by atoms with Crippen LogP contribution in [-0.4, -0.2) is 124 Å². The summed E-state index contributed by atoms with van der Waals surface area (Å²) in [6.45, 7) is 25.4. The molecule has 8 heteroatoms. The molecule has 1 aliphatic rings.